The van der Waals surface area contributed by atoms with Crippen LogP contribution in [0, 0.1) is 0 Å². The van der Waals surface area contributed by atoms with Gasteiger partial charge in [0, 0.05) is 57.5 Å². The van der Waals surface area contributed by atoms with Crippen molar-refractivity contribution in [1.82, 2.24) is 9.55 Å². The van der Waals surface area contributed by atoms with E-state index in [9.17, 15) is 0 Å². The maximum absolute atomic E-state index is 7.32. The van der Waals surface area contributed by atoms with Crippen molar-refractivity contribution >= 4 is 38.9 Å². The molecule has 0 fully saturated rings. The quantitative estimate of drug-likeness (QED) is 0.129. The monoisotopic (exact) mass is 924 g/mol. The van der Waals surface area contributed by atoms with Gasteiger partial charge in [0.15, 0.2) is 0 Å². The van der Waals surface area contributed by atoms with Gasteiger partial charge >= 0.3 is 0 Å². The van der Waals surface area contributed by atoms with E-state index in [0.717, 1.165) is 62.1 Å². The van der Waals surface area contributed by atoms with Crippen LogP contribution in [0.4, 0.5) is 11.4 Å². The molecular formula is C66H60N4O. The highest BCUT2D eigenvalue weighted by molar-refractivity contribution is 6.12. The van der Waals surface area contributed by atoms with Crippen molar-refractivity contribution in [2.24, 2.45) is 0 Å². The first-order valence-corrected chi connectivity index (χ1v) is 24.8. The Morgan fingerprint density at radius 1 is 0.451 bits per heavy atom. The Hall–Kier alpha value is -8.15. The van der Waals surface area contributed by atoms with Crippen LogP contribution < -0.4 is 14.5 Å². The number of nitrogens with zero attached hydrogens (tertiary/aromatic N) is 4. The molecule has 5 heteroatoms. The highest BCUT2D eigenvalue weighted by Gasteiger charge is 2.31. The van der Waals surface area contributed by atoms with Crippen molar-refractivity contribution in [1.29, 1.82) is 0 Å². The fourth-order valence-electron chi connectivity index (χ4n) is 10.4. The molecule has 0 aliphatic carbocycles. The first-order chi connectivity index (χ1) is 34.3. The molecule has 0 atom stereocenters. The van der Waals surface area contributed by atoms with Gasteiger partial charge in [-0.25, -0.2) is 4.98 Å². The molecule has 0 saturated heterocycles. The van der Waals surface area contributed by atoms with E-state index in [2.05, 4.69) is 281 Å². The Morgan fingerprint density at radius 2 is 1.06 bits per heavy atom. The van der Waals surface area contributed by atoms with Gasteiger partial charge in [0.2, 0.25) is 0 Å². The minimum atomic E-state index is -0.405. The molecule has 71 heavy (non-hydrogen) atoms. The molecule has 350 valence electrons. The predicted molar refractivity (Wildman–Crippen MR) is 297 cm³/mol. The van der Waals surface area contributed by atoms with E-state index >= 15 is 0 Å². The molecule has 10 aromatic rings. The van der Waals surface area contributed by atoms with Crippen LogP contribution in [0.5, 0.6) is 11.5 Å². The van der Waals surface area contributed by atoms with Gasteiger partial charge in [-0.1, -0.05) is 200 Å². The third-order valence-electron chi connectivity index (χ3n) is 14.6. The van der Waals surface area contributed by atoms with Crippen molar-refractivity contribution in [3.05, 3.63) is 258 Å². The molecule has 5 nitrogen and oxygen atoms in total. The lowest BCUT2D eigenvalue weighted by Crippen LogP contribution is -2.26. The molecule has 0 spiro atoms. The van der Waals surface area contributed by atoms with Gasteiger partial charge in [0.1, 0.15) is 17.3 Å². The molecule has 0 saturated carbocycles. The average molecular weight is 925 g/mol. The summed E-state index contributed by atoms with van der Waals surface area (Å²) in [7, 11) is 0. The summed E-state index contributed by atoms with van der Waals surface area (Å²) in [5.41, 5.74) is 14.3. The molecule has 8 aromatic carbocycles. The predicted octanol–water partition coefficient (Wildman–Crippen LogP) is 16.9. The van der Waals surface area contributed by atoms with Gasteiger partial charge in [-0.3, -0.25) is 4.57 Å². The lowest BCUT2D eigenvalue weighted by Gasteiger charge is -2.28. The standard InChI is InChI=1S/C66H60N4O/c1-64(2,3)51-31-22-32-53(39-51)69-45-68(44-61(69)47-25-14-9-15-26-47)54-37-48(46-23-12-8-13-24-46)38-55(41-54)71-56-42-58(66(6,7)50-29-18-11-19-30-50)63-57-33-20-21-34-59(57)70(60(63)43-56)62-40-52(35-36-67-62)65(4,5)49-27-16-10-17-28-49/h8-44H,45H2,1-7H3. The number of benzene rings is 8. The summed E-state index contributed by atoms with van der Waals surface area (Å²) in [5.74, 6) is 2.36. The van der Waals surface area contributed by atoms with Crippen LogP contribution in [0.3, 0.4) is 0 Å². The molecule has 0 unspecified atom stereocenters. The SMILES string of the molecule is CC(C)(C)c1cccc(N2CN(c3cc(Oc4cc(C(C)(C)c5ccccc5)c5c6ccccc6n(-c6cc(C(C)(C)c7ccccc7)ccn6)c5c4)cc(-c4ccccc4)c3)C=C2c2ccccc2)c1. The second kappa shape index (κ2) is 18.0. The average Bonchev–Trinajstić information content (AvgIpc) is 4.00. The molecule has 2 aromatic heterocycles. The number of rotatable bonds is 11. The fourth-order valence-corrected chi connectivity index (χ4v) is 10.4. The van der Waals surface area contributed by atoms with Gasteiger partial charge in [0.05, 0.1) is 23.4 Å². The summed E-state index contributed by atoms with van der Waals surface area (Å²) >= 11 is 0. The normalized spacial score (nSPS) is 13.3. The molecule has 0 radical (unpaired) electrons. The van der Waals surface area contributed by atoms with E-state index in [4.69, 9.17) is 9.72 Å². The zero-order valence-electron chi connectivity index (χ0n) is 41.8. The van der Waals surface area contributed by atoms with Crippen LogP contribution in [-0.4, -0.2) is 16.2 Å². The van der Waals surface area contributed by atoms with Gasteiger partial charge in [-0.05, 0) is 98.5 Å². The van der Waals surface area contributed by atoms with Crippen molar-refractivity contribution in [2.45, 2.75) is 64.7 Å². The van der Waals surface area contributed by atoms with Crippen LogP contribution in [0.15, 0.2) is 225 Å². The maximum atomic E-state index is 7.32. The van der Waals surface area contributed by atoms with E-state index in [-0.39, 0.29) is 10.8 Å². The minimum Gasteiger partial charge on any atom is -0.457 e. The van der Waals surface area contributed by atoms with Gasteiger partial charge in [-0.15, -0.1) is 0 Å². The molecular weight excluding hydrogens is 865 g/mol. The lowest BCUT2D eigenvalue weighted by atomic mass is 9.76. The van der Waals surface area contributed by atoms with E-state index in [1.807, 2.05) is 6.20 Å². The first-order valence-electron chi connectivity index (χ1n) is 24.8. The molecule has 0 bridgehead atoms. The topological polar surface area (TPSA) is 33.5 Å². The number of hydrogen-bond donors (Lipinski definition) is 0. The third kappa shape index (κ3) is 8.56. The first kappa shape index (κ1) is 45.3. The van der Waals surface area contributed by atoms with E-state index in [0.29, 0.717) is 6.67 Å². The summed E-state index contributed by atoms with van der Waals surface area (Å²) in [6.45, 7) is 16.7. The fraction of sp³-hybridized carbons (Fsp3) is 0.167. The van der Waals surface area contributed by atoms with E-state index in [1.165, 1.54) is 38.6 Å². The number of hydrogen-bond acceptors (Lipinski definition) is 4. The number of fused-ring (bicyclic) bond motifs is 3. The second-order valence-electron chi connectivity index (χ2n) is 21.0. The zero-order valence-corrected chi connectivity index (χ0v) is 41.8. The number of pyridine rings is 1. The Balaban J connectivity index is 1.09. The lowest BCUT2D eigenvalue weighted by molar-refractivity contribution is 0.481. The Bertz CT molecular complexity index is 3570. The molecule has 0 amide bonds. The molecule has 11 rings (SSSR count). The Labute approximate surface area is 419 Å². The van der Waals surface area contributed by atoms with E-state index < -0.39 is 5.41 Å². The van der Waals surface area contributed by atoms with Crippen molar-refractivity contribution in [3.8, 4) is 28.4 Å². The summed E-state index contributed by atoms with van der Waals surface area (Å²) in [4.78, 5) is 9.91. The smallest absolute Gasteiger partial charge is 0.137 e. The minimum absolute atomic E-state index is 0.00961. The van der Waals surface area contributed by atoms with Crippen LogP contribution in [0.1, 0.15) is 81.8 Å². The number of ether oxygens (including phenoxy) is 1. The van der Waals surface area contributed by atoms with Crippen LogP contribution >= 0.6 is 0 Å². The van der Waals surface area contributed by atoms with Gasteiger partial charge in [0.25, 0.3) is 0 Å². The van der Waals surface area contributed by atoms with E-state index in [1.54, 1.807) is 0 Å². The van der Waals surface area contributed by atoms with Crippen molar-refractivity contribution in [2.75, 3.05) is 16.5 Å². The highest BCUT2D eigenvalue weighted by Crippen LogP contribution is 2.46. The number of aromatic nitrogens is 2. The molecule has 1 aliphatic heterocycles. The van der Waals surface area contributed by atoms with Crippen LogP contribution in [-0.2, 0) is 16.2 Å². The summed E-state index contributed by atoms with van der Waals surface area (Å²) in [5, 5.41) is 2.35. The van der Waals surface area contributed by atoms with Crippen LogP contribution in [0.2, 0.25) is 0 Å². The second-order valence-corrected chi connectivity index (χ2v) is 21.0. The summed E-state index contributed by atoms with van der Waals surface area (Å²) in [6, 6.07) is 76.2. The highest BCUT2D eigenvalue weighted by atomic mass is 16.5. The maximum Gasteiger partial charge on any atom is 0.137 e. The van der Waals surface area contributed by atoms with Gasteiger partial charge in [-0.2, -0.15) is 0 Å². The third-order valence-corrected chi connectivity index (χ3v) is 14.6. The number of para-hydroxylation sites is 1. The van der Waals surface area contributed by atoms with Crippen LogP contribution in [0.25, 0.3) is 44.4 Å². The van der Waals surface area contributed by atoms with Gasteiger partial charge < -0.3 is 14.5 Å². The van der Waals surface area contributed by atoms with Crippen molar-refractivity contribution in [3.63, 3.8) is 0 Å². The van der Waals surface area contributed by atoms with Crippen molar-refractivity contribution < 1.29 is 4.74 Å². The zero-order chi connectivity index (χ0) is 48.9. The largest absolute Gasteiger partial charge is 0.457 e. The number of anilines is 2. The molecule has 1 aliphatic rings. The Kier molecular flexibility index (Phi) is 11.5. The molecule has 0 N–H and O–H groups in total. The summed E-state index contributed by atoms with van der Waals surface area (Å²) < 4.78 is 9.66. The summed E-state index contributed by atoms with van der Waals surface area (Å²) in [6.07, 6.45) is 4.25. The molecule has 3 heterocycles. The Morgan fingerprint density at radius 3 is 1.75 bits per heavy atom.